The van der Waals surface area contributed by atoms with Gasteiger partial charge in [-0.1, -0.05) is 48.5 Å². The molecule has 2 aromatic rings. The van der Waals surface area contributed by atoms with Gasteiger partial charge in [-0.25, -0.2) is 0 Å². The van der Waals surface area contributed by atoms with Crippen molar-refractivity contribution in [3.05, 3.63) is 70.8 Å². The number of carbonyl (C=O) groups is 2. The molecule has 0 N–H and O–H groups in total. The Labute approximate surface area is 140 Å². The first-order valence-electron chi connectivity index (χ1n) is 7.61. The lowest BCUT2D eigenvalue weighted by Crippen LogP contribution is -2.30. The lowest BCUT2D eigenvalue weighted by Gasteiger charge is -2.16. The number of ketones is 2. The summed E-state index contributed by atoms with van der Waals surface area (Å²) in [6, 6.07) is 12.2. The van der Waals surface area contributed by atoms with E-state index in [2.05, 4.69) is 10.2 Å². The smallest absolute Gasteiger partial charge is 0.293 e. The van der Waals surface area contributed by atoms with E-state index in [9.17, 15) is 22.8 Å². The number of benzene rings is 2. The van der Waals surface area contributed by atoms with Crippen LogP contribution in [-0.2, 0) is 12.1 Å². The van der Waals surface area contributed by atoms with Gasteiger partial charge in [0, 0.05) is 16.7 Å². The molecule has 0 radical (unpaired) electrons. The summed E-state index contributed by atoms with van der Waals surface area (Å²) in [7, 11) is 0. The Hall–Kier alpha value is -2.83. The van der Waals surface area contributed by atoms with Crippen LogP contribution in [0.3, 0.4) is 0 Å². The molecule has 0 saturated carbocycles. The first-order chi connectivity index (χ1) is 11.8. The first kappa shape index (κ1) is 15.7. The Balaban J connectivity index is 1.62. The molecule has 1 heterocycles. The summed E-state index contributed by atoms with van der Waals surface area (Å²) in [5.74, 6) is -1.49. The summed E-state index contributed by atoms with van der Waals surface area (Å²) >= 11 is 0. The number of halogens is 3. The van der Waals surface area contributed by atoms with E-state index in [1.165, 1.54) is 18.2 Å². The number of rotatable bonds is 3. The number of hydrogen-bond donors (Lipinski definition) is 0. The van der Waals surface area contributed by atoms with Crippen LogP contribution in [0.25, 0.3) is 0 Å². The molecule has 126 valence electrons. The molecule has 4 nitrogen and oxygen atoms in total. The lowest BCUT2D eigenvalue weighted by atomic mass is 9.92. The summed E-state index contributed by atoms with van der Waals surface area (Å²) in [6.45, 7) is 0. The summed E-state index contributed by atoms with van der Waals surface area (Å²) in [6.07, 6.45) is -4.56. The second-order valence-electron chi connectivity index (χ2n) is 6.10. The molecule has 2 aromatic carbocycles. The van der Waals surface area contributed by atoms with E-state index in [4.69, 9.17) is 0 Å². The Morgan fingerprint density at radius 1 is 0.920 bits per heavy atom. The van der Waals surface area contributed by atoms with Gasteiger partial charge in [0.05, 0.1) is 5.92 Å². The van der Waals surface area contributed by atoms with E-state index in [0.29, 0.717) is 16.7 Å². The lowest BCUT2D eigenvalue weighted by molar-refractivity contribution is -0.166. The highest BCUT2D eigenvalue weighted by Gasteiger charge is 2.65. The van der Waals surface area contributed by atoms with Gasteiger partial charge in [0.15, 0.2) is 11.6 Å². The standard InChI is InChI=1S/C18H11F3N2O2/c19-18(20,21)17(22-23-17)11-5-3-4-10(8-11)9-14-15(24)12-6-1-2-7-13(12)16(14)25/h1-8,14H,9H2. The Kier molecular flexibility index (Phi) is 3.19. The summed E-state index contributed by atoms with van der Waals surface area (Å²) in [5.41, 5.74) is -1.40. The third-order valence-corrected chi connectivity index (χ3v) is 4.56. The largest absolute Gasteiger partial charge is 0.442 e. The molecule has 1 aliphatic carbocycles. The summed E-state index contributed by atoms with van der Waals surface area (Å²) in [4.78, 5) is 24.9. The molecule has 2 aliphatic rings. The van der Waals surface area contributed by atoms with Crippen LogP contribution >= 0.6 is 0 Å². The van der Waals surface area contributed by atoms with Crippen molar-refractivity contribution in [2.45, 2.75) is 18.3 Å². The van der Waals surface area contributed by atoms with Crippen molar-refractivity contribution in [2.24, 2.45) is 16.1 Å². The van der Waals surface area contributed by atoms with Gasteiger partial charge < -0.3 is 0 Å². The molecule has 0 saturated heterocycles. The topological polar surface area (TPSA) is 58.9 Å². The summed E-state index contributed by atoms with van der Waals surface area (Å²) < 4.78 is 39.4. The minimum absolute atomic E-state index is 0.0497. The molecule has 0 fully saturated rings. The third-order valence-electron chi connectivity index (χ3n) is 4.56. The predicted molar refractivity (Wildman–Crippen MR) is 81.3 cm³/mol. The van der Waals surface area contributed by atoms with Crippen molar-refractivity contribution in [1.82, 2.24) is 0 Å². The van der Waals surface area contributed by atoms with Crippen molar-refractivity contribution in [3.8, 4) is 0 Å². The predicted octanol–water partition coefficient (Wildman–Crippen LogP) is 4.11. The van der Waals surface area contributed by atoms with Crippen LogP contribution in [0.2, 0.25) is 0 Å². The molecule has 0 bridgehead atoms. The highest BCUT2D eigenvalue weighted by Crippen LogP contribution is 2.52. The van der Waals surface area contributed by atoms with Gasteiger partial charge >= 0.3 is 11.8 Å². The fourth-order valence-corrected chi connectivity index (χ4v) is 3.19. The second kappa shape index (κ2) is 5.08. The molecule has 25 heavy (non-hydrogen) atoms. The van der Waals surface area contributed by atoms with Crippen LogP contribution in [0.1, 0.15) is 31.8 Å². The van der Waals surface area contributed by atoms with Gasteiger partial charge in [0.25, 0.3) is 0 Å². The summed E-state index contributed by atoms with van der Waals surface area (Å²) in [5, 5.41) is 6.35. The van der Waals surface area contributed by atoms with Crippen LogP contribution in [0, 0.1) is 5.92 Å². The zero-order valence-electron chi connectivity index (χ0n) is 12.7. The number of hydrogen-bond acceptors (Lipinski definition) is 4. The molecular weight excluding hydrogens is 333 g/mol. The number of Topliss-reactive ketones (excluding diaryl/α,β-unsaturated/α-hetero) is 2. The van der Waals surface area contributed by atoms with E-state index in [-0.39, 0.29) is 23.6 Å². The molecule has 7 heteroatoms. The quantitative estimate of drug-likeness (QED) is 0.787. The molecule has 0 amide bonds. The minimum Gasteiger partial charge on any atom is -0.293 e. The van der Waals surface area contributed by atoms with Crippen LogP contribution in [0.15, 0.2) is 58.8 Å². The average Bonchev–Trinajstić information content (AvgIpc) is 3.37. The average molecular weight is 344 g/mol. The molecule has 4 rings (SSSR count). The Bertz CT molecular complexity index is 893. The monoisotopic (exact) mass is 344 g/mol. The molecule has 1 aliphatic heterocycles. The van der Waals surface area contributed by atoms with Gasteiger partial charge in [-0.3, -0.25) is 9.59 Å². The number of fused-ring (bicyclic) bond motifs is 1. The van der Waals surface area contributed by atoms with Crippen molar-refractivity contribution < 1.29 is 22.8 Å². The van der Waals surface area contributed by atoms with Crippen molar-refractivity contribution in [3.63, 3.8) is 0 Å². The minimum atomic E-state index is -4.61. The van der Waals surface area contributed by atoms with Gasteiger partial charge in [0.1, 0.15) is 0 Å². The Morgan fingerprint density at radius 3 is 2.04 bits per heavy atom. The fourth-order valence-electron chi connectivity index (χ4n) is 3.19. The highest BCUT2D eigenvalue weighted by atomic mass is 19.4. The molecule has 0 atom stereocenters. The van der Waals surface area contributed by atoms with Crippen LogP contribution < -0.4 is 0 Å². The van der Waals surface area contributed by atoms with Gasteiger partial charge in [0.2, 0.25) is 0 Å². The van der Waals surface area contributed by atoms with Crippen LogP contribution in [-0.4, -0.2) is 17.7 Å². The molecule has 0 unspecified atom stereocenters. The van der Waals surface area contributed by atoms with E-state index < -0.39 is 17.8 Å². The fraction of sp³-hybridized carbons (Fsp3) is 0.222. The maximum Gasteiger partial charge on any atom is 0.442 e. The Morgan fingerprint density at radius 2 is 1.52 bits per heavy atom. The number of alkyl halides is 3. The number of carbonyl (C=O) groups excluding carboxylic acids is 2. The van der Waals surface area contributed by atoms with E-state index in [1.54, 1.807) is 30.3 Å². The SMILES string of the molecule is O=C1c2ccccc2C(=O)C1Cc1cccc(C2(C(F)(F)F)N=N2)c1. The van der Waals surface area contributed by atoms with Gasteiger partial charge in [-0.05, 0) is 12.0 Å². The van der Waals surface area contributed by atoms with E-state index in [0.717, 1.165) is 0 Å². The van der Waals surface area contributed by atoms with E-state index >= 15 is 0 Å². The van der Waals surface area contributed by atoms with Gasteiger partial charge in [-0.2, -0.15) is 13.2 Å². The maximum atomic E-state index is 13.1. The van der Waals surface area contributed by atoms with Crippen molar-refractivity contribution in [1.29, 1.82) is 0 Å². The van der Waals surface area contributed by atoms with Crippen LogP contribution in [0.5, 0.6) is 0 Å². The maximum absolute atomic E-state index is 13.1. The van der Waals surface area contributed by atoms with Gasteiger partial charge in [-0.15, -0.1) is 10.2 Å². The first-order valence-corrected chi connectivity index (χ1v) is 7.61. The van der Waals surface area contributed by atoms with Crippen molar-refractivity contribution in [2.75, 3.05) is 0 Å². The molecule has 0 aromatic heterocycles. The number of nitrogens with zero attached hydrogens (tertiary/aromatic N) is 2. The second-order valence-corrected chi connectivity index (χ2v) is 6.10. The highest BCUT2D eigenvalue weighted by molar-refractivity contribution is 6.26. The zero-order valence-corrected chi connectivity index (χ0v) is 12.7. The zero-order chi connectivity index (χ0) is 17.8. The molecular formula is C18H11F3N2O2. The van der Waals surface area contributed by atoms with E-state index in [1.807, 2.05) is 0 Å². The molecule has 0 spiro atoms. The van der Waals surface area contributed by atoms with Crippen molar-refractivity contribution >= 4 is 11.6 Å². The third kappa shape index (κ3) is 2.30. The van der Waals surface area contributed by atoms with Crippen LogP contribution in [0.4, 0.5) is 13.2 Å². The normalized spacial score (nSPS) is 18.5.